The van der Waals surface area contributed by atoms with Gasteiger partial charge in [0.25, 0.3) is 0 Å². The van der Waals surface area contributed by atoms with E-state index in [4.69, 9.17) is 0 Å². The maximum absolute atomic E-state index is 13.1. The number of piperidine rings is 1. The van der Waals surface area contributed by atoms with E-state index in [9.17, 15) is 19.1 Å². The second-order valence-electron chi connectivity index (χ2n) is 7.42. The molecule has 0 aliphatic carbocycles. The van der Waals surface area contributed by atoms with E-state index in [-0.39, 0.29) is 17.6 Å². The fourth-order valence-electron chi connectivity index (χ4n) is 3.81. The van der Waals surface area contributed by atoms with Crippen LogP contribution < -0.4 is 0 Å². The Hall–Kier alpha value is -1.99. The van der Waals surface area contributed by atoms with Gasteiger partial charge in [-0.2, -0.15) is 0 Å². The molecule has 3 rings (SSSR count). The van der Waals surface area contributed by atoms with Gasteiger partial charge in [0, 0.05) is 45.8 Å². The highest BCUT2D eigenvalue weighted by atomic mass is 19.1. The van der Waals surface area contributed by atoms with E-state index in [1.807, 2.05) is 16.8 Å². The van der Waals surface area contributed by atoms with Crippen LogP contribution in [0.25, 0.3) is 0 Å². The number of halogens is 1. The molecule has 0 unspecified atom stereocenters. The molecule has 7 heteroatoms. The Morgan fingerprint density at radius 1 is 1.08 bits per heavy atom. The summed E-state index contributed by atoms with van der Waals surface area (Å²) in [6.07, 6.45) is 0.389. The first-order chi connectivity index (χ1) is 12.4. The predicted molar refractivity (Wildman–Crippen MR) is 95.0 cm³/mol. The van der Waals surface area contributed by atoms with Crippen molar-refractivity contribution in [2.24, 2.45) is 11.8 Å². The maximum atomic E-state index is 13.1. The van der Waals surface area contributed by atoms with Crippen molar-refractivity contribution in [3.8, 4) is 0 Å². The number of nitrogens with zero attached hydrogens (tertiary/aromatic N) is 3. The van der Waals surface area contributed by atoms with Crippen LogP contribution in [0.2, 0.25) is 0 Å². The molecule has 1 N–H and O–H groups in total. The maximum Gasteiger partial charge on any atom is 0.307 e. The number of carboxylic acid groups (broad SMARTS) is 1. The molecular weight excluding hydrogens is 337 g/mol. The molecule has 26 heavy (non-hydrogen) atoms. The van der Waals surface area contributed by atoms with Crippen molar-refractivity contribution in [2.75, 3.05) is 46.3 Å². The smallest absolute Gasteiger partial charge is 0.307 e. The van der Waals surface area contributed by atoms with Crippen LogP contribution in [0.1, 0.15) is 12.0 Å². The van der Waals surface area contributed by atoms with Crippen molar-refractivity contribution in [2.45, 2.75) is 13.0 Å². The Morgan fingerprint density at radius 2 is 1.69 bits per heavy atom. The summed E-state index contributed by atoms with van der Waals surface area (Å²) in [7, 11) is 2.04. The molecule has 2 aliphatic rings. The number of likely N-dealkylation sites (N-methyl/N-ethyl adjacent to an activating group) is 1. The average molecular weight is 363 g/mol. The number of hydrogen-bond acceptors (Lipinski definition) is 4. The second kappa shape index (κ2) is 8.14. The van der Waals surface area contributed by atoms with E-state index in [0.717, 1.165) is 18.7 Å². The van der Waals surface area contributed by atoms with Crippen molar-refractivity contribution in [3.63, 3.8) is 0 Å². The minimum absolute atomic E-state index is 0.0631. The molecule has 142 valence electrons. The summed E-state index contributed by atoms with van der Waals surface area (Å²) in [5.74, 6) is -1.93. The number of piperazine rings is 1. The van der Waals surface area contributed by atoms with Gasteiger partial charge in [0.05, 0.1) is 11.8 Å². The lowest BCUT2D eigenvalue weighted by atomic mass is 9.87. The van der Waals surface area contributed by atoms with Crippen LogP contribution in [-0.4, -0.2) is 78.0 Å². The molecule has 2 heterocycles. The lowest BCUT2D eigenvalue weighted by Crippen LogP contribution is -2.53. The minimum atomic E-state index is -0.856. The number of carbonyl (C=O) groups is 2. The van der Waals surface area contributed by atoms with Gasteiger partial charge in [-0.1, -0.05) is 12.1 Å². The summed E-state index contributed by atoms with van der Waals surface area (Å²) in [6, 6.07) is 6.22. The first-order valence-corrected chi connectivity index (χ1v) is 9.09. The van der Waals surface area contributed by atoms with Gasteiger partial charge in [-0.25, -0.2) is 4.39 Å². The first-order valence-electron chi connectivity index (χ1n) is 9.09. The zero-order chi connectivity index (χ0) is 18.7. The molecule has 1 aromatic carbocycles. The van der Waals surface area contributed by atoms with E-state index in [2.05, 4.69) is 4.90 Å². The van der Waals surface area contributed by atoms with Crippen LogP contribution in [0.3, 0.4) is 0 Å². The van der Waals surface area contributed by atoms with Gasteiger partial charge in [0.2, 0.25) is 5.91 Å². The fraction of sp³-hybridized carbons (Fsp3) is 0.579. The van der Waals surface area contributed by atoms with Crippen molar-refractivity contribution in [1.82, 2.24) is 14.7 Å². The van der Waals surface area contributed by atoms with Crippen LogP contribution in [0.5, 0.6) is 0 Å². The van der Waals surface area contributed by atoms with E-state index < -0.39 is 11.9 Å². The van der Waals surface area contributed by atoms with Crippen LogP contribution in [0, 0.1) is 17.7 Å². The number of rotatable bonds is 4. The highest BCUT2D eigenvalue weighted by molar-refractivity contribution is 5.80. The number of carbonyl (C=O) groups excluding carboxylic acids is 1. The number of carboxylic acids is 1. The number of hydrogen-bond donors (Lipinski definition) is 1. The highest BCUT2D eigenvalue weighted by Gasteiger charge is 2.37. The number of aliphatic carboxylic acids is 1. The Balaban J connectivity index is 1.68. The van der Waals surface area contributed by atoms with E-state index in [0.29, 0.717) is 39.1 Å². The summed E-state index contributed by atoms with van der Waals surface area (Å²) in [6.45, 7) is 4.57. The molecule has 0 aromatic heterocycles. The second-order valence-corrected chi connectivity index (χ2v) is 7.42. The summed E-state index contributed by atoms with van der Waals surface area (Å²) >= 11 is 0. The lowest BCUT2D eigenvalue weighted by Gasteiger charge is -2.39. The van der Waals surface area contributed by atoms with E-state index >= 15 is 0 Å². The molecule has 2 fully saturated rings. The summed E-state index contributed by atoms with van der Waals surface area (Å²) in [5.41, 5.74) is 0.920. The van der Waals surface area contributed by atoms with Crippen LogP contribution in [-0.2, 0) is 16.1 Å². The molecular formula is C19H26FN3O3. The third-order valence-corrected chi connectivity index (χ3v) is 5.36. The van der Waals surface area contributed by atoms with Gasteiger partial charge < -0.3 is 14.9 Å². The van der Waals surface area contributed by atoms with Crippen LogP contribution >= 0.6 is 0 Å². The lowest BCUT2D eigenvalue weighted by molar-refractivity contribution is -0.148. The molecule has 1 amide bonds. The van der Waals surface area contributed by atoms with Crippen molar-refractivity contribution < 1.29 is 19.1 Å². The number of amides is 1. The van der Waals surface area contributed by atoms with Gasteiger partial charge in [0.1, 0.15) is 5.82 Å². The monoisotopic (exact) mass is 363 g/mol. The number of likely N-dealkylation sites (tertiary alicyclic amines) is 1. The van der Waals surface area contributed by atoms with Crippen LogP contribution in [0.4, 0.5) is 4.39 Å². The highest BCUT2D eigenvalue weighted by Crippen LogP contribution is 2.26. The third-order valence-electron chi connectivity index (χ3n) is 5.36. The molecule has 1 aromatic rings. The van der Waals surface area contributed by atoms with Gasteiger partial charge >= 0.3 is 5.97 Å². The predicted octanol–water partition coefficient (Wildman–Crippen LogP) is 1.12. The summed E-state index contributed by atoms with van der Waals surface area (Å²) in [5, 5.41) is 9.50. The third kappa shape index (κ3) is 4.59. The SMILES string of the molecule is CN1CCN(C(=O)[C@H]2C[C@H](C(=O)O)CN(Cc3ccc(F)cc3)C2)CC1. The summed E-state index contributed by atoms with van der Waals surface area (Å²) < 4.78 is 13.1. The van der Waals surface area contributed by atoms with Crippen molar-refractivity contribution >= 4 is 11.9 Å². The standard InChI is InChI=1S/C19H26FN3O3/c1-21-6-8-23(9-7-21)18(24)15-10-16(19(25)26)13-22(12-15)11-14-2-4-17(20)5-3-14/h2-5,15-16H,6-13H2,1H3,(H,25,26)/t15-,16-/m0/s1. The zero-order valence-corrected chi connectivity index (χ0v) is 15.1. The molecule has 0 radical (unpaired) electrons. The molecule has 0 spiro atoms. The summed E-state index contributed by atoms with van der Waals surface area (Å²) in [4.78, 5) is 30.5. The minimum Gasteiger partial charge on any atom is -0.481 e. The molecule has 2 atom stereocenters. The molecule has 2 saturated heterocycles. The fourth-order valence-corrected chi connectivity index (χ4v) is 3.81. The molecule has 2 aliphatic heterocycles. The molecule has 0 saturated carbocycles. The Kier molecular flexibility index (Phi) is 5.88. The Morgan fingerprint density at radius 3 is 2.31 bits per heavy atom. The van der Waals surface area contributed by atoms with E-state index in [1.54, 1.807) is 12.1 Å². The Labute approximate surface area is 153 Å². The van der Waals surface area contributed by atoms with Gasteiger partial charge in [-0.3, -0.25) is 14.5 Å². The first kappa shape index (κ1) is 18.8. The molecule has 6 nitrogen and oxygen atoms in total. The topological polar surface area (TPSA) is 64.1 Å². The van der Waals surface area contributed by atoms with Crippen molar-refractivity contribution in [3.05, 3.63) is 35.6 Å². The van der Waals surface area contributed by atoms with Crippen LogP contribution in [0.15, 0.2) is 24.3 Å². The average Bonchev–Trinajstić information content (AvgIpc) is 2.63. The van der Waals surface area contributed by atoms with Crippen molar-refractivity contribution in [1.29, 1.82) is 0 Å². The normalized spacial score (nSPS) is 25.2. The van der Waals surface area contributed by atoms with Gasteiger partial charge in [-0.15, -0.1) is 0 Å². The van der Waals surface area contributed by atoms with E-state index in [1.165, 1.54) is 12.1 Å². The molecule has 0 bridgehead atoms. The quantitative estimate of drug-likeness (QED) is 0.869. The largest absolute Gasteiger partial charge is 0.481 e. The van der Waals surface area contributed by atoms with Gasteiger partial charge in [-0.05, 0) is 31.2 Å². The number of benzene rings is 1. The zero-order valence-electron chi connectivity index (χ0n) is 15.1. The van der Waals surface area contributed by atoms with Gasteiger partial charge in [0.15, 0.2) is 0 Å². The Bertz CT molecular complexity index is 644.